The summed E-state index contributed by atoms with van der Waals surface area (Å²) in [6.45, 7) is 4.52. The molecule has 2 aromatic carbocycles. The van der Waals surface area contributed by atoms with E-state index in [1.807, 2.05) is 42.7 Å². The fraction of sp³-hybridized carbons (Fsp3) is 0.300. The zero-order valence-electron chi connectivity index (χ0n) is 15.8. The largest absolute Gasteiger partial charge is 0.486 e. The van der Waals surface area contributed by atoms with Crippen molar-refractivity contribution >= 4 is 40.9 Å². The quantitative estimate of drug-likeness (QED) is 0.609. The number of aromatic nitrogens is 2. The summed E-state index contributed by atoms with van der Waals surface area (Å²) in [5.74, 6) is 1.24. The van der Waals surface area contributed by atoms with E-state index in [1.165, 1.54) is 0 Å². The van der Waals surface area contributed by atoms with E-state index in [-0.39, 0.29) is 31.5 Å². The molecular formula is C20H24Cl2N4O2. The van der Waals surface area contributed by atoms with Crippen molar-refractivity contribution < 1.29 is 9.53 Å². The first-order valence-electron chi connectivity index (χ1n) is 8.71. The van der Waals surface area contributed by atoms with Crippen LogP contribution in [0.5, 0.6) is 5.75 Å². The Morgan fingerprint density at radius 2 is 1.89 bits per heavy atom. The number of ether oxygens (including phenoxy) is 1. The molecule has 3 rings (SSSR count). The number of rotatable bonds is 7. The molecule has 0 aliphatic rings. The maximum absolute atomic E-state index is 12.5. The van der Waals surface area contributed by atoms with Crippen molar-refractivity contribution in [3.63, 3.8) is 0 Å². The van der Waals surface area contributed by atoms with Crippen LogP contribution in [0.25, 0.3) is 11.0 Å². The van der Waals surface area contributed by atoms with Crippen molar-refractivity contribution in [2.75, 3.05) is 6.54 Å². The molecule has 1 heterocycles. The van der Waals surface area contributed by atoms with Crippen molar-refractivity contribution in [1.82, 2.24) is 14.9 Å². The summed E-state index contributed by atoms with van der Waals surface area (Å²) in [4.78, 5) is 17.1. The van der Waals surface area contributed by atoms with E-state index in [4.69, 9.17) is 22.1 Å². The molecule has 6 nitrogen and oxygen atoms in total. The number of halogens is 2. The zero-order valence-corrected chi connectivity index (χ0v) is 17.4. The molecule has 0 bridgehead atoms. The van der Waals surface area contributed by atoms with Gasteiger partial charge in [-0.25, -0.2) is 4.98 Å². The number of hydrogen-bond acceptors (Lipinski definition) is 4. The zero-order chi connectivity index (χ0) is 19.4. The maximum Gasteiger partial charge on any atom is 0.240 e. The number of nitrogens with two attached hydrogens (primary N) is 1. The van der Waals surface area contributed by atoms with Crippen LogP contribution in [-0.4, -0.2) is 27.5 Å². The highest BCUT2D eigenvalue weighted by Gasteiger charge is 2.20. The highest BCUT2D eigenvalue weighted by atomic mass is 35.5. The van der Waals surface area contributed by atoms with Crippen LogP contribution in [0.15, 0.2) is 48.5 Å². The van der Waals surface area contributed by atoms with Crippen LogP contribution in [0.4, 0.5) is 0 Å². The average molecular weight is 423 g/mol. The molecule has 0 aliphatic heterocycles. The summed E-state index contributed by atoms with van der Waals surface area (Å²) in [5, 5.41) is 3.60. The van der Waals surface area contributed by atoms with Gasteiger partial charge in [-0.1, -0.05) is 23.7 Å². The lowest BCUT2D eigenvalue weighted by molar-refractivity contribution is -0.123. The lowest BCUT2D eigenvalue weighted by Gasteiger charge is -2.24. The van der Waals surface area contributed by atoms with Gasteiger partial charge in [0.15, 0.2) is 0 Å². The van der Waals surface area contributed by atoms with Gasteiger partial charge in [-0.15, -0.1) is 12.4 Å². The summed E-state index contributed by atoms with van der Waals surface area (Å²) >= 11 is 5.90. The van der Waals surface area contributed by atoms with Gasteiger partial charge in [0.25, 0.3) is 0 Å². The van der Waals surface area contributed by atoms with E-state index in [9.17, 15) is 4.79 Å². The lowest BCUT2D eigenvalue weighted by Crippen LogP contribution is -2.49. The third-order valence-electron chi connectivity index (χ3n) is 4.21. The number of nitrogens with zero attached hydrogens (tertiary/aromatic N) is 2. The van der Waals surface area contributed by atoms with Crippen LogP contribution >= 0.6 is 24.0 Å². The van der Waals surface area contributed by atoms with Crippen LogP contribution in [-0.2, 0) is 17.9 Å². The SMILES string of the molecule is CC(C)(CN)NC(=O)Cn1c(COc2ccc(Cl)cc2)nc2ccccc21.Cl. The van der Waals surface area contributed by atoms with E-state index in [0.717, 1.165) is 11.0 Å². The molecular weight excluding hydrogens is 399 g/mol. The Hall–Kier alpha value is -2.28. The fourth-order valence-electron chi connectivity index (χ4n) is 2.70. The van der Waals surface area contributed by atoms with E-state index in [2.05, 4.69) is 10.3 Å². The molecule has 0 spiro atoms. The van der Waals surface area contributed by atoms with Crippen LogP contribution < -0.4 is 15.8 Å². The Bertz CT molecular complexity index is 939. The van der Waals surface area contributed by atoms with E-state index in [1.54, 1.807) is 24.3 Å². The van der Waals surface area contributed by atoms with Gasteiger partial charge in [0.05, 0.1) is 11.0 Å². The van der Waals surface area contributed by atoms with Crippen molar-refractivity contribution in [3.8, 4) is 5.75 Å². The minimum absolute atomic E-state index is 0. The molecule has 28 heavy (non-hydrogen) atoms. The minimum Gasteiger partial charge on any atom is -0.486 e. The van der Waals surface area contributed by atoms with E-state index < -0.39 is 5.54 Å². The Labute approximate surface area is 175 Å². The molecule has 3 N–H and O–H groups in total. The average Bonchev–Trinajstić information content (AvgIpc) is 2.98. The number of amides is 1. The number of carbonyl (C=O) groups is 1. The first kappa shape index (κ1) is 22.0. The van der Waals surface area contributed by atoms with Gasteiger partial charge >= 0.3 is 0 Å². The first-order valence-corrected chi connectivity index (χ1v) is 9.09. The molecule has 0 saturated heterocycles. The van der Waals surface area contributed by atoms with Crippen molar-refractivity contribution in [1.29, 1.82) is 0 Å². The molecule has 1 aromatic heterocycles. The van der Waals surface area contributed by atoms with Gasteiger partial charge in [0, 0.05) is 17.1 Å². The number of hydrogen-bond donors (Lipinski definition) is 2. The smallest absolute Gasteiger partial charge is 0.240 e. The third kappa shape index (κ3) is 5.38. The van der Waals surface area contributed by atoms with Crippen LogP contribution in [0, 0.1) is 0 Å². The molecule has 1 amide bonds. The van der Waals surface area contributed by atoms with Gasteiger partial charge < -0.3 is 20.4 Å². The normalized spacial score (nSPS) is 11.1. The van der Waals surface area contributed by atoms with E-state index in [0.29, 0.717) is 23.1 Å². The Kier molecular flexibility index (Phi) is 7.29. The second-order valence-electron chi connectivity index (χ2n) is 6.98. The molecule has 0 radical (unpaired) electrons. The van der Waals surface area contributed by atoms with Gasteiger partial charge in [0.2, 0.25) is 5.91 Å². The molecule has 0 saturated carbocycles. The first-order chi connectivity index (χ1) is 12.9. The standard InChI is InChI=1S/C20H23ClN4O2.ClH/c1-20(2,13-22)24-19(26)11-25-17-6-4-3-5-16(17)23-18(25)12-27-15-9-7-14(21)8-10-15;/h3-10H,11-13,22H2,1-2H3,(H,24,26);1H. The molecule has 0 fully saturated rings. The molecule has 150 valence electrons. The molecule has 0 atom stereocenters. The topological polar surface area (TPSA) is 82.2 Å². The van der Waals surface area contributed by atoms with Gasteiger partial charge in [-0.05, 0) is 50.2 Å². The number of benzene rings is 2. The van der Waals surface area contributed by atoms with E-state index >= 15 is 0 Å². The summed E-state index contributed by atoms with van der Waals surface area (Å²) in [6, 6.07) is 14.8. The van der Waals surface area contributed by atoms with Crippen molar-refractivity contribution in [2.45, 2.75) is 32.5 Å². The summed E-state index contributed by atoms with van der Waals surface area (Å²) < 4.78 is 7.70. The molecule has 0 unspecified atom stereocenters. The van der Waals surface area contributed by atoms with Crippen molar-refractivity contribution in [3.05, 3.63) is 59.4 Å². The summed E-state index contributed by atoms with van der Waals surface area (Å²) in [7, 11) is 0. The monoisotopic (exact) mass is 422 g/mol. The molecule has 0 aliphatic carbocycles. The Balaban J connectivity index is 0.00000280. The number of nitrogens with one attached hydrogen (secondary N) is 1. The number of fused-ring (bicyclic) bond motifs is 1. The van der Waals surface area contributed by atoms with Crippen molar-refractivity contribution in [2.24, 2.45) is 5.73 Å². The Morgan fingerprint density at radius 1 is 1.21 bits per heavy atom. The van der Waals surface area contributed by atoms with Crippen LogP contribution in [0.1, 0.15) is 19.7 Å². The summed E-state index contributed by atoms with van der Waals surface area (Å²) in [5.41, 5.74) is 6.94. The molecule has 3 aromatic rings. The highest BCUT2D eigenvalue weighted by Crippen LogP contribution is 2.20. The summed E-state index contributed by atoms with van der Waals surface area (Å²) in [6.07, 6.45) is 0. The predicted octanol–water partition coefficient (Wildman–Crippen LogP) is 3.54. The van der Waals surface area contributed by atoms with Gasteiger partial charge in [-0.2, -0.15) is 0 Å². The number of para-hydroxylation sites is 2. The van der Waals surface area contributed by atoms with Gasteiger partial charge in [0.1, 0.15) is 24.7 Å². The fourth-order valence-corrected chi connectivity index (χ4v) is 2.83. The van der Waals surface area contributed by atoms with Gasteiger partial charge in [-0.3, -0.25) is 4.79 Å². The second-order valence-corrected chi connectivity index (χ2v) is 7.42. The molecule has 8 heteroatoms. The number of imidazole rings is 1. The van der Waals surface area contributed by atoms with Crippen LogP contribution in [0.3, 0.4) is 0 Å². The second kappa shape index (κ2) is 9.28. The minimum atomic E-state index is -0.465. The van der Waals surface area contributed by atoms with Crippen LogP contribution in [0.2, 0.25) is 5.02 Å². The predicted molar refractivity (Wildman–Crippen MR) is 114 cm³/mol. The Morgan fingerprint density at radius 3 is 2.57 bits per heavy atom. The maximum atomic E-state index is 12.5. The lowest BCUT2D eigenvalue weighted by atomic mass is 10.1. The number of carbonyl (C=O) groups excluding carboxylic acids is 1. The third-order valence-corrected chi connectivity index (χ3v) is 4.46. The highest BCUT2D eigenvalue weighted by molar-refractivity contribution is 6.30.